The number of ether oxygens (including phenoxy) is 1. The van der Waals surface area contributed by atoms with Gasteiger partial charge in [-0.2, -0.15) is 8.78 Å². The first-order chi connectivity index (χ1) is 19.5. The molecular weight excluding hydrogens is 552 g/mol. The van der Waals surface area contributed by atoms with Crippen LogP contribution >= 0.6 is 0 Å². The number of fused-ring (bicyclic) bond motifs is 1. The van der Waals surface area contributed by atoms with Crippen LogP contribution in [0.15, 0.2) is 54.6 Å². The quantitative estimate of drug-likeness (QED) is 0.157. The van der Waals surface area contributed by atoms with Gasteiger partial charge in [-0.1, -0.05) is 38.0 Å². The predicted molar refractivity (Wildman–Crippen MR) is 140 cm³/mol. The van der Waals surface area contributed by atoms with Crippen molar-refractivity contribution in [1.82, 2.24) is 0 Å². The van der Waals surface area contributed by atoms with E-state index in [1.807, 2.05) is 0 Å². The van der Waals surface area contributed by atoms with E-state index in [0.29, 0.717) is 18.1 Å². The van der Waals surface area contributed by atoms with Crippen LogP contribution in [0.5, 0.6) is 5.75 Å². The van der Waals surface area contributed by atoms with Gasteiger partial charge in [0.25, 0.3) is 0 Å². The highest BCUT2D eigenvalue weighted by Gasteiger charge is 2.36. The van der Waals surface area contributed by atoms with Crippen LogP contribution in [0.2, 0.25) is 0 Å². The Morgan fingerprint density at radius 1 is 0.732 bits per heavy atom. The number of halogens is 8. The number of hydrogen-bond donors (Lipinski definition) is 0. The fourth-order valence-electron chi connectivity index (χ4n) is 5.70. The molecule has 1 aliphatic rings. The van der Waals surface area contributed by atoms with Crippen molar-refractivity contribution in [2.45, 2.75) is 57.5 Å². The van der Waals surface area contributed by atoms with Crippen molar-refractivity contribution < 1.29 is 39.9 Å². The van der Waals surface area contributed by atoms with E-state index in [1.165, 1.54) is 18.6 Å². The van der Waals surface area contributed by atoms with Crippen molar-refractivity contribution in [3.63, 3.8) is 0 Å². The molecule has 4 aromatic carbocycles. The number of hydrogen-bond acceptors (Lipinski definition) is 1. The first-order valence-electron chi connectivity index (χ1n) is 13.4. The second kappa shape index (κ2) is 11.3. The third-order valence-corrected chi connectivity index (χ3v) is 7.88. The SMILES string of the molecule is CCCC1CCC(c2ccc(C(F)(F)Oc3ccc4cc(-c5cc(F)c(F)c(F)c5)c(F)c(F)c4c3F)cc2)CC1. The summed E-state index contributed by atoms with van der Waals surface area (Å²) in [5.74, 6) is -10.2. The molecule has 0 heterocycles. The van der Waals surface area contributed by atoms with E-state index in [0.717, 1.165) is 55.9 Å². The van der Waals surface area contributed by atoms with Crippen LogP contribution < -0.4 is 4.74 Å². The zero-order valence-electron chi connectivity index (χ0n) is 22.0. The molecule has 1 nitrogen and oxygen atoms in total. The van der Waals surface area contributed by atoms with Gasteiger partial charge in [0.2, 0.25) is 0 Å². The van der Waals surface area contributed by atoms with E-state index in [-0.39, 0.29) is 11.3 Å². The van der Waals surface area contributed by atoms with Crippen LogP contribution in [0.1, 0.15) is 62.5 Å². The van der Waals surface area contributed by atoms with Crippen molar-refractivity contribution in [3.8, 4) is 16.9 Å². The van der Waals surface area contributed by atoms with Gasteiger partial charge in [0.05, 0.1) is 10.9 Å². The second-order valence-electron chi connectivity index (χ2n) is 10.5. The minimum absolute atomic E-state index is 0.273. The van der Waals surface area contributed by atoms with E-state index in [1.54, 1.807) is 12.1 Å². The van der Waals surface area contributed by atoms with Crippen molar-refractivity contribution in [1.29, 1.82) is 0 Å². The molecule has 216 valence electrons. The van der Waals surface area contributed by atoms with Crippen LogP contribution in [0.25, 0.3) is 21.9 Å². The van der Waals surface area contributed by atoms with Gasteiger partial charge in [-0.3, -0.25) is 0 Å². The summed E-state index contributed by atoms with van der Waals surface area (Å²) >= 11 is 0. The Balaban J connectivity index is 1.40. The molecule has 0 unspecified atom stereocenters. The molecule has 0 radical (unpaired) electrons. The molecule has 0 bridgehead atoms. The van der Waals surface area contributed by atoms with Gasteiger partial charge < -0.3 is 4.74 Å². The fourth-order valence-corrected chi connectivity index (χ4v) is 5.70. The molecule has 0 aliphatic heterocycles. The Morgan fingerprint density at radius 2 is 1.37 bits per heavy atom. The minimum Gasteiger partial charge on any atom is -0.426 e. The summed E-state index contributed by atoms with van der Waals surface area (Å²) < 4.78 is 121. The largest absolute Gasteiger partial charge is 0.426 e. The van der Waals surface area contributed by atoms with E-state index in [2.05, 4.69) is 11.7 Å². The van der Waals surface area contributed by atoms with Crippen LogP contribution in [0, 0.1) is 40.8 Å². The summed E-state index contributed by atoms with van der Waals surface area (Å²) in [5, 5.41) is -1.29. The van der Waals surface area contributed by atoms with Gasteiger partial charge in [0.15, 0.2) is 40.7 Å². The van der Waals surface area contributed by atoms with Crippen molar-refractivity contribution in [2.24, 2.45) is 5.92 Å². The lowest BCUT2D eigenvalue weighted by Crippen LogP contribution is -2.22. The Hall–Kier alpha value is -3.62. The van der Waals surface area contributed by atoms with Crippen molar-refractivity contribution in [3.05, 3.63) is 101 Å². The van der Waals surface area contributed by atoms with Gasteiger partial charge in [0, 0.05) is 5.56 Å². The molecule has 5 rings (SSSR count). The van der Waals surface area contributed by atoms with Crippen molar-refractivity contribution >= 4 is 10.8 Å². The predicted octanol–water partition coefficient (Wildman–Crippen LogP) is 10.5. The highest BCUT2D eigenvalue weighted by atomic mass is 19.3. The summed E-state index contributed by atoms with van der Waals surface area (Å²) in [7, 11) is 0. The molecule has 0 aromatic heterocycles. The lowest BCUT2D eigenvalue weighted by atomic mass is 9.77. The molecule has 1 fully saturated rings. The van der Waals surface area contributed by atoms with E-state index in [9.17, 15) is 22.0 Å². The Bertz CT molecular complexity index is 1550. The molecule has 0 N–H and O–H groups in total. The van der Waals surface area contributed by atoms with Gasteiger partial charge in [-0.05, 0) is 90.4 Å². The van der Waals surface area contributed by atoms with Gasteiger partial charge in [-0.15, -0.1) is 0 Å². The lowest BCUT2D eigenvalue weighted by molar-refractivity contribution is -0.186. The Kier molecular flexibility index (Phi) is 7.99. The number of alkyl halides is 2. The molecule has 0 saturated heterocycles. The molecule has 1 saturated carbocycles. The first-order valence-corrected chi connectivity index (χ1v) is 13.4. The maximum absolute atomic E-state index is 15.2. The maximum Gasteiger partial charge on any atom is 0.426 e. The average Bonchev–Trinajstić information content (AvgIpc) is 2.95. The second-order valence-corrected chi connectivity index (χ2v) is 10.5. The molecule has 4 aromatic rings. The minimum atomic E-state index is -4.00. The van der Waals surface area contributed by atoms with E-state index < -0.39 is 68.8 Å². The smallest absolute Gasteiger partial charge is 0.426 e. The molecule has 41 heavy (non-hydrogen) atoms. The van der Waals surface area contributed by atoms with Crippen molar-refractivity contribution in [2.75, 3.05) is 0 Å². The molecule has 1 aliphatic carbocycles. The van der Waals surface area contributed by atoms with E-state index >= 15 is 13.2 Å². The third kappa shape index (κ3) is 5.63. The van der Waals surface area contributed by atoms with Gasteiger partial charge in [0.1, 0.15) is 0 Å². The van der Waals surface area contributed by atoms with Crippen LogP contribution in [0.3, 0.4) is 0 Å². The summed E-state index contributed by atoms with van der Waals surface area (Å²) in [6, 6.07) is 9.24. The summed E-state index contributed by atoms with van der Waals surface area (Å²) in [6.07, 6.45) is 2.48. The number of benzene rings is 4. The molecule has 0 amide bonds. The summed E-state index contributed by atoms with van der Waals surface area (Å²) in [6.45, 7) is 2.16. The third-order valence-electron chi connectivity index (χ3n) is 7.88. The monoisotopic (exact) mass is 578 g/mol. The highest BCUT2D eigenvalue weighted by Crippen LogP contribution is 2.41. The standard InChI is InChI=1S/C32H26F8O/c1-2-3-17-4-6-18(7-5-17)19-8-11-22(12-9-19)32(39,40)41-26-13-10-20-14-23(28(35)31(38)27(20)30(26)37)21-15-24(33)29(36)25(34)16-21/h8-18H,2-7H2,1H3. The topological polar surface area (TPSA) is 9.23 Å². The Morgan fingerprint density at radius 3 is 1.98 bits per heavy atom. The number of rotatable bonds is 7. The average molecular weight is 579 g/mol. The highest BCUT2D eigenvalue weighted by molar-refractivity contribution is 5.90. The van der Waals surface area contributed by atoms with Crippen LogP contribution in [-0.4, -0.2) is 0 Å². The fraction of sp³-hybridized carbons (Fsp3) is 0.312. The van der Waals surface area contributed by atoms with Gasteiger partial charge in [-0.25, -0.2) is 26.3 Å². The first kappa shape index (κ1) is 28.9. The zero-order chi connectivity index (χ0) is 29.5. The van der Waals surface area contributed by atoms with Crippen LogP contribution in [-0.2, 0) is 6.11 Å². The summed E-state index contributed by atoms with van der Waals surface area (Å²) in [5.41, 5.74) is -0.817. The summed E-state index contributed by atoms with van der Waals surface area (Å²) in [4.78, 5) is 0. The molecule has 9 heteroatoms. The Labute approximate surface area is 231 Å². The normalized spacial score (nSPS) is 17.7. The maximum atomic E-state index is 15.2. The van der Waals surface area contributed by atoms with Gasteiger partial charge >= 0.3 is 6.11 Å². The van der Waals surface area contributed by atoms with Crippen LogP contribution in [0.4, 0.5) is 35.1 Å². The van der Waals surface area contributed by atoms with E-state index in [4.69, 9.17) is 0 Å². The lowest BCUT2D eigenvalue weighted by Gasteiger charge is -2.29. The molecule has 0 spiro atoms. The molecule has 0 atom stereocenters. The zero-order valence-corrected chi connectivity index (χ0v) is 22.0. The molecular formula is C32H26F8O.